The quantitative estimate of drug-likeness (QED) is 0.247. The molecule has 0 aliphatic heterocycles. The molecule has 112 valence electrons. The van der Waals surface area contributed by atoms with Gasteiger partial charge in [0.15, 0.2) is 5.78 Å². The average Bonchev–Trinajstić information content (AvgIpc) is 2.40. The SMILES string of the molecule is C=C/C=C(\CC(F)F)C(=O)CC(=N)Sc1ccc(Cl)cc1. The van der Waals surface area contributed by atoms with Crippen molar-refractivity contribution in [1.29, 1.82) is 5.41 Å². The van der Waals surface area contributed by atoms with Crippen molar-refractivity contribution in [3.63, 3.8) is 0 Å². The van der Waals surface area contributed by atoms with Crippen LogP contribution in [0.3, 0.4) is 0 Å². The van der Waals surface area contributed by atoms with Crippen molar-refractivity contribution in [2.24, 2.45) is 0 Å². The Morgan fingerprint density at radius 3 is 2.52 bits per heavy atom. The van der Waals surface area contributed by atoms with Gasteiger partial charge in [-0.25, -0.2) is 8.78 Å². The van der Waals surface area contributed by atoms with E-state index in [-0.39, 0.29) is 17.0 Å². The smallest absolute Gasteiger partial charge is 0.242 e. The van der Waals surface area contributed by atoms with Gasteiger partial charge in [0.1, 0.15) is 0 Å². The van der Waals surface area contributed by atoms with Crippen LogP contribution in [-0.4, -0.2) is 17.3 Å². The van der Waals surface area contributed by atoms with Crippen molar-refractivity contribution in [1.82, 2.24) is 0 Å². The fraction of sp³-hybridized carbons (Fsp3) is 0.200. The number of rotatable bonds is 7. The van der Waals surface area contributed by atoms with Gasteiger partial charge in [-0.3, -0.25) is 10.2 Å². The second-order valence-electron chi connectivity index (χ2n) is 4.10. The summed E-state index contributed by atoms with van der Waals surface area (Å²) < 4.78 is 24.8. The van der Waals surface area contributed by atoms with Crippen LogP contribution in [-0.2, 0) is 4.79 Å². The molecule has 0 unspecified atom stereocenters. The zero-order valence-corrected chi connectivity index (χ0v) is 12.7. The van der Waals surface area contributed by atoms with Crippen LogP contribution >= 0.6 is 23.4 Å². The van der Waals surface area contributed by atoms with Gasteiger partial charge in [-0.1, -0.05) is 42.1 Å². The van der Waals surface area contributed by atoms with Crippen LogP contribution in [0, 0.1) is 5.41 Å². The first kappa shape index (κ1) is 17.6. The van der Waals surface area contributed by atoms with Crippen LogP contribution in [0.15, 0.2) is 53.5 Å². The predicted octanol–water partition coefficient (Wildman–Crippen LogP) is 5.14. The van der Waals surface area contributed by atoms with E-state index in [0.717, 1.165) is 16.7 Å². The van der Waals surface area contributed by atoms with Crippen molar-refractivity contribution < 1.29 is 13.6 Å². The summed E-state index contributed by atoms with van der Waals surface area (Å²) in [6, 6.07) is 6.81. The molecule has 0 aliphatic rings. The summed E-state index contributed by atoms with van der Waals surface area (Å²) in [5.74, 6) is -0.485. The number of Topliss-reactive ketones (excluding diaryl/α,β-unsaturated/α-hetero) is 1. The zero-order valence-electron chi connectivity index (χ0n) is 11.1. The molecule has 0 bridgehead atoms. The van der Waals surface area contributed by atoms with Crippen LogP contribution < -0.4 is 0 Å². The number of allylic oxidation sites excluding steroid dienone is 3. The normalized spacial score (nSPS) is 11.5. The summed E-state index contributed by atoms with van der Waals surface area (Å²) >= 11 is 6.85. The van der Waals surface area contributed by atoms with Crippen molar-refractivity contribution in [2.75, 3.05) is 0 Å². The Hall–Kier alpha value is -1.46. The van der Waals surface area contributed by atoms with E-state index in [1.807, 2.05) is 0 Å². The standard InChI is InChI=1S/C15H14ClF2NOS/c1-2-3-10(8-14(17)18)13(20)9-15(19)21-12-6-4-11(16)5-7-12/h2-7,14,19H,1,8-9H2/b10-3+,19-15?. The van der Waals surface area contributed by atoms with Gasteiger partial charge in [0.25, 0.3) is 0 Å². The highest BCUT2D eigenvalue weighted by Crippen LogP contribution is 2.23. The molecule has 0 heterocycles. The van der Waals surface area contributed by atoms with E-state index in [1.54, 1.807) is 24.3 Å². The molecule has 0 spiro atoms. The van der Waals surface area contributed by atoms with Gasteiger partial charge >= 0.3 is 0 Å². The third-order valence-corrected chi connectivity index (χ3v) is 3.58. The van der Waals surface area contributed by atoms with Crippen molar-refractivity contribution >= 4 is 34.2 Å². The number of nitrogens with one attached hydrogen (secondary N) is 1. The van der Waals surface area contributed by atoms with Gasteiger partial charge in [-0.15, -0.1) is 0 Å². The molecule has 1 N–H and O–H groups in total. The van der Waals surface area contributed by atoms with Gasteiger partial charge < -0.3 is 0 Å². The third kappa shape index (κ3) is 6.69. The van der Waals surface area contributed by atoms with Gasteiger partial charge in [-0.05, 0) is 24.3 Å². The number of alkyl halides is 2. The molecule has 6 heteroatoms. The lowest BCUT2D eigenvalue weighted by Gasteiger charge is -2.07. The van der Waals surface area contributed by atoms with E-state index < -0.39 is 18.6 Å². The molecular formula is C15H14ClF2NOS. The molecule has 0 atom stereocenters. The number of ketones is 1. The van der Waals surface area contributed by atoms with Gasteiger partial charge in [-0.2, -0.15) is 0 Å². The Morgan fingerprint density at radius 2 is 2.00 bits per heavy atom. The summed E-state index contributed by atoms with van der Waals surface area (Å²) in [5, 5.41) is 8.45. The Bertz CT molecular complexity index is 555. The third-order valence-electron chi connectivity index (χ3n) is 2.43. The minimum atomic E-state index is -2.60. The van der Waals surface area contributed by atoms with Crippen LogP contribution in [0.1, 0.15) is 12.8 Å². The minimum absolute atomic E-state index is 0.0125. The van der Waals surface area contributed by atoms with Crippen molar-refractivity contribution in [3.8, 4) is 0 Å². The molecule has 2 nitrogen and oxygen atoms in total. The Kier molecular flexibility index (Phi) is 7.32. The fourth-order valence-electron chi connectivity index (χ4n) is 1.52. The maximum Gasteiger partial charge on any atom is 0.242 e. The first-order valence-electron chi connectivity index (χ1n) is 6.06. The molecular weight excluding hydrogens is 316 g/mol. The summed E-state index contributed by atoms with van der Waals surface area (Å²) in [6.07, 6.45) is -0.859. The lowest BCUT2D eigenvalue weighted by atomic mass is 10.1. The van der Waals surface area contributed by atoms with Gasteiger partial charge in [0, 0.05) is 21.9 Å². The fourth-order valence-corrected chi connectivity index (χ4v) is 2.41. The van der Waals surface area contributed by atoms with Gasteiger partial charge in [0.05, 0.1) is 11.5 Å². The Balaban J connectivity index is 2.64. The number of halogens is 3. The van der Waals surface area contributed by atoms with E-state index >= 15 is 0 Å². The zero-order chi connectivity index (χ0) is 15.8. The Labute approximate surface area is 131 Å². The highest BCUT2D eigenvalue weighted by molar-refractivity contribution is 8.13. The van der Waals surface area contributed by atoms with E-state index in [1.165, 1.54) is 12.2 Å². The molecule has 0 radical (unpaired) electrons. The number of hydrogen-bond acceptors (Lipinski definition) is 3. The number of thioether (sulfide) groups is 1. The molecule has 1 aromatic carbocycles. The minimum Gasteiger partial charge on any atom is -0.298 e. The van der Waals surface area contributed by atoms with E-state index in [0.29, 0.717) is 5.02 Å². The second-order valence-corrected chi connectivity index (χ2v) is 5.71. The lowest BCUT2D eigenvalue weighted by Crippen LogP contribution is -2.10. The van der Waals surface area contributed by atoms with Crippen molar-refractivity contribution in [3.05, 3.63) is 53.6 Å². The second kappa shape index (κ2) is 8.74. The molecule has 1 aromatic rings. The topological polar surface area (TPSA) is 40.9 Å². The number of hydrogen-bond donors (Lipinski definition) is 1. The highest BCUT2D eigenvalue weighted by Gasteiger charge is 2.16. The molecule has 0 amide bonds. The van der Waals surface area contributed by atoms with Crippen LogP contribution in [0.2, 0.25) is 5.02 Å². The summed E-state index contributed by atoms with van der Waals surface area (Å²) in [4.78, 5) is 12.7. The molecule has 0 aromatic heterocycles. The molecule has 0 fully saturated rings. The monoisotopic (exact) mass is 329 g/mol. The summed E-state index contributed by atoms with van der Waals surface area (Å²) in [7, 11) is 0. The lowest BCUT2D eigenvalue weighted by molar-refractivity contribution is -0.114. The average molecular weight is 330 g/mol. The predicted molar refractivity (Wildman–Crippen MR) is 83.6 cm³/mol. The van der Waals surface area contributed by atoms with E-state index in [9.17, 15) is 13.6 Å². The van der Waals surface area contributed by atoms with Crippen LogP contribution in [0.5, 0.6) is 0 Å². The summed E-state index contributed by atoms with van der Waals surface area (Å²) in [5.41, 5.74) is -0.0125. The van der Waals surface area contributed by atoms with Gasteiger partial charge in [0.2, 0.25) is 6.43 Å². The Morgan fingerprint density at radius 1 is 1.38 bits per heavy atom. The molecule has 0 aliphatic carbocycles. The first-order valence-corrected chi connectivity index (χ1v) is 7.25. The van der Waals surface area contributed by atoms with E-state index in [2.05, 4.69) is 6.58 Å². The van der Waals surface area contributed by atoms with Crippen molar-refractivity contribution in [2.45, 2.75) is 24.2 Å². The van der Waals surface area contributed by atoms with Crippen LogP contribution in [0.4, 0.5) is 8.78 Å². The molecule has 21 heavy (non-hydrogen) atoms. The number of carbonyl (C=O) groups excluding carboxylic acids is 1. The highest BCUT2D eigenvalue weighted by atomic mass is 35.5. The molecule has 0 saturated carbocycles. The maximum atomic E-state index is 12.4. The first-order chi connectivity index (χ1) is 9.92. The van der Waals surface area contributed by atoms with E-state index in [4.69, 9.17) is 17.0 Å². The largest absolute Gasteiger partial charge is 0.298 e. The number of benzene rings is 1. The molecule has 1 rings (SSSR count). The number of carbonyl (C=O) groups is 1. The molecule has 0 saturated heterocycles. The maximum absolute atomic E-state index is 12.4. The van der Waals surface area contributed by atoms with Crippen LogP contribution in [0.25, 0.3) is 0 Å². The summed E-state index contributed by atoms with van der Waals surface area (Å²) in [6.45, 7) is 3.40.